The fourth-order valence-corrected chi connectivity index (χ4v) is 2.38. The molecule has 110 valence electrons. The van der Waals surface area contributed by atoms with E-state index in [1.54, 1.807) is 6.07 Å². The van der Waals surface area contributed by atoms with Crippen molar-refractivity contribution in [1.82, 2.24) is 0 Å². The summed E-state index contributed by atoms with van der Waals surface area (Å²) in [7, 11) is 0. The molecule has 0 fully saturated rings. The van der Waals surface area contributed by atoms with Crippen LogP contribution in [0.15, 0.2) is 34.8 Å². The zero-order valence-corrected chi connectivity index (χ0v) is 13.9. The van der Waals surface area contributed by atoms with Gasteiger partial charge in [0.1, 0.15) is 12.4 Å². The maximum absolute atomic E-state index is 10.7. The van der Waals surface area contributed by atoms with Crippen LogP contribution in [0, 0.1) is 24.0 Å². The summed E-state index contributed by atoms with van der Waals surface area (Å²) in [6.45, 7) is 4.24. The van der Waals surface area contributed by atoms with E-state index in [0.29, 0.717) is 10.6 Å². The van der Waals surface area contributed by atoms with E-state index in [1.165, 1.54) is 12.1 Å². The quantitative estimate of drug-likeness (QED) is 0.548. The molecule has 21 heavy (non-hydrogen) atoms. The van der Waals surface area contributed by atoms with Crippen LogP contribution in [0.25, 0.3) is 0 Å². The van der Waals surface area contributed by atoms with Crippen LogP contribution in [0.5, 0.6) is 5.75 Å². The monoisotopic (exact) mass is 369 g/mol. The number of halogens is 2. The Morgan fingerprint density at radius 1 is 1.24 bits per heavy atom. The van der Waals surface area contributed by atoms with E-state index in [-0.39, 0.29) is 12.3 Å². The van der Waals surface area contributed by atoms with Crippen molar-refractivity contribution >= 4 is 33.2 Å². The van der Waals surface area contributed by atoms with Crippen LogP contribution in [0.1, 0.15) is 16.7 Å². The zero-order chi connectivity index (χ0) is 15.6. The van der Waals surface area contributed by atoms with E-state index in [0.717, 1.165) is 21.3 Å². The molecule has 0 bridgehead atoms. The summed E-state index contributed by atoms with van der Waals surface area (Å²) >= 11 is 9.54. The van der Waals surface area contributed by atoms with Gasteiger partial charge in [-0.1, -0.05) is 27.5 Å². The first-order valence-corrected chi connectivity index (χ1v) is 7.38. The largest absolute Gasteiger partial charge is 0.489 e. The average Bonchev–Trinajstić information content (AvgIpc) is 2.43. The fourth-order valence-electron chi connectivity index (χ4n) is 1.92. The molecule has 0 radical (unpaired) electrons. The molecule has 6 heteroatoms. The van der Waals surface area contributed by atoms with Crippen LogP contribution in [-0.4, -0.2) is 4.92 Å². The number of benzene rings is 2. The molecule has 4 nitrogen and oxygen atoms in total. The number of non-ortho nitro benzene ring substituents is 1. The number of nitrogens with zero attached hydrogens (tertiary/aromatic N) is 1. The smallest absolute Gasteiger partial charge is 0.270 e. The summed E-state index contributed by atoms with van der Waals surface area (Å²) < 4.78 is 6.77. The second-order valence-electron chi connectivity index (χ2n) is 4.69. The number of rotatable bonds is 4. The summed E-state index contributed by atoms with van der Waals surface area (Å²) in [5.41, 5.74) is 2.85. The predicted octanol–water partition coefficient (Wildman–Crippen LogP) is 5.21. The lowest BCUT2D eigenvalue weighted by Crippen LogP contribution is -1.98. The van der Waals surface area contributed by atoms with E-state index in [2.05, 4.69) is 15.9 Å². The summed E-state index contributed by atoms with van der Waals surface area (Å²) in [4.78, 5) is 10.2. The van der Waals surface area contributed by atoms with Crippen LogP contribution < -0.4 is 4.74 Å². The Labute approximate surface area is 136 Å². The van der Waals surface area contributed by atoms with Crippen molar-refractivity contribution < 1.29 is 9.66 Å². The number of nitro groups is 1. The molecule has 0 N–H and O–H groups in total. The van der Waals surface area contributed by atoms with Crippen molar-refractivity contribution in [3.63, 3.8) is 0 Å². The van der Waals surface area contributed by atoms with Gasteiger partial charge >= 0.3 is 0 Å². The molecule has 0 amide bonds. The van der Waals surface area contributed by atoms with Gasteiger partial charge in [0, 0.05) is 22.2 Å². The van der Waals surface area contributed by atoms with Gasteiger partial charge in [-0.05, 0) is 43.2 Å². The normalized spacial score (nSPS) is 10.5. The lowest BCUT2D eigenvalue weighted by molar-refractivity contribution is -0.384. The van der Waals surface area contributed by atoms with E-state index < -0.39 is 4.92 Å². The minimum absolute atomic E-state index is 0.0286. The number of ether oxygens (including phenoxy) is 1. The lowest BCUT2D eigenvalue weighted by Gasteiger charge is -2.11. The van der Waals surface area contributed by atoms with Gasteiger partial charge in [0.2, 0.25) is 0 Å². The number of nitro benzene ring substituents is 1. The van der Waals surface area contributed by atoms with Crippen molar-refractivity contribution in [3.05, 3.63) is 66.6 Å². The van der Waals surface area contributed by atoms with Crippen LogP contribution in [0.2, 0.25) is 5.02 Å². The second-order valence-corrected chi connectivity index (χ2v) is 5.89. The van der Waals surface area contributed by atoms with Gasteiger partial charge < -0.3 is 4.74 Å². The summed E-state index contributed by atoms with van der Waals surface area (Å²) in [6.07, 6.45) is 0. The highest BCUT2D eigenvalue weighted by Crippen LogP contribution is 2.28. The molecule has 0 unspecified atom stereocenters. The third kappa shape index (κ3) is 3.74. The molecule has 0 aliphatic heterocycles. The number of hydrogen-bond acceptors (Lipinski definition) is 3. The lowest BCUT2D eigenvalue weighted by atomic mass is 10.1. The van der Waals surface area contributed by atoms with Gasteiger partial charge in [-0.3, -0.25) is 10.1 Å². The zero-order valence-electron chi connectivity index (χ0n) is 11.5. The van der Waals surface area contributed by atoms with Crippen molar-refractivity contribution in [2.45, 2.75) is 20.5 Å². The van der Waals surface area contributed by atoms with E-state index in [9.17, 15) is 10.1 Å². The Morgan fingerprint density at radius 3 is 2.38 bits per heavy atom. The summed E-state index contributed by atoms with van der Waals surface area (Å²) in [6, 6.07) is 8.22. The maximum atomic E-state index is 10.7. The minimum atomic E-state index is -0.474. The van der Waals surface area contributed by atoms with Crippen molar-refractivity contribution in [2.75, 3.05) is 0 Å². The molecule has 0 spiro atoms. The fraction of sp³-hybridized carbons (Fsp3) is 0.200. The Bertz CT molecular complexity index is 680. The molecule has 2 rings (SSSR count). The highest BCUT2D eigenvalue weighted by atomic mass is 79.9. The standard InChI is InChI=1S/C15H13BrClNO3/c1-9-5-13(6-10(2)15(9)16)21-8-11-3-4-12(18(19)20)7-14(11)17/h3-7H,8H2,1-2H3. The van der Waals surface area contributed by atoms with Gasteiger partial charge in [0.15, 0.2) is 0 Å². The van der Waals surface area contributed by atoms with Gasteiger partial charge in [0.05, 0.1) is 9.95 Å². The van der Waals surface area contributed by atoms with Crippen molar-refractivity contribution in [2.24, 2.45) is 0 Å². The SMILES string of the molecule is Cc1cc(OCc2ccc([N+](=O)[O-])cc2Cl)cc(C)c1Br. The Hall–Kier alpha value is -1.59. The first kappa shape index (κ1) is 15.8. The Kier molecular flexibility index (Phi) is 4.85. The topological polar surface area (TPSA) is 52.4 Å². The summed E-state index contributed by atoms with van der Waals surface area (Å²) in [5.74, 6) is 0.739. The summed E-state index contributed by atoms with van der Waals surface area (Å²) in [5, 5.41) is 11.0. The average molecular weight is 371 g/mol. The van der Waals surface area contributed by atoms with E-state index >= 15 is 0 Å². The van der Waals surface area contributed by atoms with Gasteiger partial charge in [-0.2, -0.15) is 0 Å². The Balaban J connectivity index is 2.15. The molecule has 2 aromatic carbocycles. The number of aryl methyl sites for hydroxylation is 2. The predicted molar refractivity (Wildman–Crippen MR) is 86.1 cm³/mol. The van der Waals surface area contributed by atoms with Crippen LogP contribution in [0.4, 0.5) is 5.69 Å². The molecular formula is C15H13BrClNO3. The third-order valence-corrected chi connectivity index (χ3v) is 4.65. The van der Waals surface area contributed by atoms with Crippen LogP contribution >= 0.6 is 27.5 Å². The first-order chi connectivity index (χ1) is 9.88. The van der Waals surface area contributed by atoms with Crippen molar-refractivity contribution in [1.29, 1.82) is 0 Å². The van der Waals surface area contributed by atoms with Gasteiger partial charge in [-0.25, -0.2) is 0 Å². The molecule has 0 saturated carbocycles. The Morgan fingerprint density at radius 2 is 1.86 bits per heavy atom. The highest BCUT2D eigenvalue weighted by molar-refractivity contribution is 9.10. The maximum Gasteiger partial charge on any atom is 0.270 e. The molecule has 0 aromatic heterocycles. The molecule has 0 atom stereocenters. The van der Waals surface area contributed by atoms with Gasteiger partial charge in [0.25, 0.3) is 5.69 Å². The third-order valence-electron chi connectivity index (χ3n) is 3.05. The van der Waals surface area contributed by atoms with E-state index in [4.69, 9.17) is 16.3 Å². The molecular weight excluding hydrogens is 358 g/mol. The minimum Gasteiger partial charge on any atom is -0.489 e. The number of hydrogen-bond donors (Lipinski definition) is 0. The van der Waals surface area contributed by atoms with Gasteiger partial charge in [-0.15, -0.1) is 0 Å². The van der Waals surface area contributed by atoms with Crippen molar-refractivity contribution in [3.8, 4) is 5.75 Å². The molecule has 0 aliphatic rings. The van der Waals surface area contributed by atoms with Crippen LogP contribution in [0.3, 0.4) is 0 Å². The van der Waals surface area contributed by atoms with E-state index in [1.807, 2.05) is 26.0 Å². The highest BCUT2D eigenvalue weighted by Gasteiger charge is 2.10. The first-order valence-electron chi connectivity index (χ1n) is 6.21. The molecule has 0 aliphatic carbocycles. The van der Waals surface area contributed by atoms with Crippen LogP contribution in [-0.2, 0) is 6.61 Å². The molecule has 0 heterocycles. The molecule has 2 aromatic rings. The molecule has 0 saturated heterocycles. The second kappa shape index (κ2) is 6.45.